The summed E-state index contributed by atoms with van der Waals surface area (Å²) in [6.45, 7) is 11.1. The predicted molar refractivity (Wildman–Crippen MR) is 75.3 cm³/mol. The summed E-state index contributed by atoms with van der Waals surface area (Å²) in [6, 6.07) is 0. The van der Waals surface area contributed by atoms with Crippen molar-refractivity contribution < 1.29 is 14.3 Å². The molecule has 1 fully saturated rings. The van der Waals surface area contributed by atoms with Crippen LogP contribution in [0.1, 0.15) is 34.1 Å². The number of hydrogen-bond acceptors (Lipinski definition) is 4. The fraction of sp³-hybridized carbons (Fsp3) is 0.929. The molecule has 1 rings (SSSR count). The fourth-order valence-corrected chi connectivity index (χ4v) is 2.07. The van der Waals surface area contributed by atoms with Crippen LogP contribution in [0.2, 0.25) is 0 Å². The molecule has 0 radical (unpaired) electrons. The van der Waals surface area contributed by atoms with Gasteiger partial charge in [-0.25, -0.2) is 4.79 Å². The number of nitrogens with one attached hydrogen (secondary N) is 1. The first kappa shape index (κ1) is 16.2. The first-order valence-corrected chi connectivity index (χ1v) is 7.03. The molecule has 2 atom stereocenters. The van der Waals surface area contributed by atoms with E-state index in [4.69, 9.17) is 9.47 Å². The molecule has 1 saturated heterocycles. The second kappa shape index (κ2) is 7.10. The third-order valence-electron chi connectivity index (χ3n) is 3.20. The number of ether oxygens (including phenoxy) is 2. The van der Waals surface area contributed by atoms with E-state index in [9.17, 15) is 4.79 Å². The van der Waals surface area contributed by atoms with Gasteiger partial charge in [0, 0.05) is 26.7 Å². The van der Waals surface area contributed by atoms with Crippen molar-refractivity contribution in [2.24, 2.45) is 5.92 Å². The van der Waals surface area contributed by atoms with E-state index in [-0.39, 0.29) is 12.2 Å². The number of methoxy groups -OCH3 is 1. The zero-order chi connectivity index (χ0) is 14.5. The first-order chi connectivity index (χ1) is 8.81. The average molecular weight is 272 g/mol. The van der Waals surface area contributed by atoms with Gasteiger partial charge in [0.15, 0.2) is 0 Å². The van der Waals surface area contributed by atoms with Crippen molar-refractivity contribution in [2.75, 3.05) is 33.3 Å². The van der Waals surface area contributed by atoms with Crippen molar-refractivity contribution in [3.63, 3.8) is 0 Å². The summed E-state index contributed by atoms with van der Waals surface area (Å²) in [5.74, 6) is 0.511. The van der Waals surface area contributed by atoms with Crippen LogP contribution in [0.25, 0.3) is 0 Å². The maximum Gasteiger partial charge on any atom is 0.410 e. The number of rotatable bonds is 5. The van der Waals surface area contributed by atoms with Gasteiger partial charge in [0.25, 0.3) is 0 Å². The highest BCUT2D eigenvalue weighted by Gasteiger charge is 2.29. The van der Waals surface area contributed by atoms with Crippen LogP contribution in [-0.4, -0.2) is 56.0 Å². The third-order valence-corrected chi connectivity index (χ3v) is 3.20. The number of likely N-dealkylation sites (tertiary alicyclic amines) is 1. The van der Waals surface area contributed by atoms with Crippen molar-refractivity contribution in [2.45, 2.75) is 45.8 Å². The molecule has 0 unspecified atom stereocenters. The minimum atomic E-state index is -0.415. The van der Waals surface area contributed by atoms with E-state index in [2.05, 4.69) is 5.32 Å². The molecule has 5 nitrogen and oxygen atoms in total. The Bertz CT molecular complexity index is 289. The summed E-state index contributed by atoms with van der Waals surface area (Å²) >= 11 is 0. The van der Waals surface area contributed by atoms with Crippen LogP contribution in [0.5, 0.6) is 0 Å². The van der Waals surface area contributed by atoms with E-state index in [0.717, 1.165) is 32.6 Å². The summed E-state index contributed by atoms with van der Waals surface area (Å²) in [5, 5.41) is 3.38. The molecule has 1 aliphatic heterocycles. The maximum atomic E-state index is 11.9. The van der Waals surface area contributed by atoms with Gasteiger partial charge >= 0.3 is 6.09 Å². The van der Waals surface area contributed by atoms with Gasteiger partial charge < -0.3 is 19.7 Å². The van der Waals surface area contributed by atoms with Gasteiger partial charge in [-0.3, -0.25) is 0 Å². The number of carbonyl (C=O) groups excluding carboxylic acids is 1. The smallest absolute Gasteiger partial charge is 0.410 e. The predicted octanol–water partition coefficient (Wildman–Crippen LogP) is 1.87. The van der Waals surface area contributed by atoms with E-state index in [0.29, 0.717) is 5.92 Å². The monoisotopic (exact) mass is 272 g/mol. The molecule has 1 amide bonds. The summed E-state index contributed by atoms with van der Waals surface area (Å²) in [7, 11) is 1.71. The van der Waals surface area contributed by atoms with Gasteiger partial charge in [-0.05, 0) is 46.6 Å². The van der Waals surface area contributed by atoms with Crippen molar-refractivity contribution >= 4 is 6.09 Å². The Kier molecular flexibility index (Phi) is 6.07. The van der Waals surface area contributed by atoms with Crippen LogP contribution >= 0.6 is 0 Å². The van der Waals surface area contributed by atoms with Crippen LogP contribution in [0.4, 0.5) is 4.79 Å². The van der Waals surface area contributed by atoms with Gasteiger partial charge in [0.1, 0.15) is 5.60 Å². The van der Waals surface area contributed by atoms with E-state index >= 15 is 0 Å². The molecule has 1 N–H and O–H groups in total. The number of carbonyl (C=O) groups is 1. The minimum absolute atomic E-state index is 0.194. The molecule has 0 aromatic carbocycles. The van der Waals surface area contributed by atoms with Gasteiger partial charge in [-0.15, -0.1) is 0 Å². The summed E-state index contributed by atoms with van der Waals surface area (Å²) in [6.07, 6.45) is 1.07. The number of hydrogen-bond donors (Lipinski definition) is 1. The fourth-order valence-electron chi connectivity index (χ4n) is 2.07. The highest BCUT2D eigenvalue weighted by atomic mass is 16.6. The number of amides is 1. The molecule has 1 aliphatic rings. The molecule has 112 valence electrons. The van der Waals surface area contributed by atoms with Gasteiger partial charge in [0.05, 0.1) is 6.10 Å². The molecule has 0 aromatic rings. The van der Waals surface area contributed by atoms with Crippen molar-refractivity contribution in [3.8, 4) is 0 Å². The lowest BCUT2D eigenvalue weighted by atomic mass is 10.1. The molecular formula is C14H28N2O3. The van der Waals surface area contributed by atoms with Crippen molar-refractivity contribution in [1.82, 2.24) is 10.2 Å². The summed E-state index contributed by atoms with van der Waals surface area (Å²) < 4.78 is 10.6. The van der Waals surface area contributed by atoms with Crippen molar-refractivity contribution in [3.05, 3.63) is 0 Å². The molecule has 0 aliphatic carbocycles. The molecule has 0 spiro atoms. The molecule has 0 saturated carbocycles. The van der Waals surface area contributed by atoms with Crippen LogP contribution in [0.15, 0.2) is 0 Å². The summed E-state index contributed by atoms with van der Waals surface area (Å²) in [5.41, 5.74) is -0.415. The maximum absolute atomic E-state index is 11.9. The average Bonchev–Trinajstić information content (AvgIpc) is 2.75. The molecule has 5 heteroatoms. The lowest BCUT2D eigenvalue weighted by molar-refractivity contribution is 0.0288. The quantitative estimate of drug-likeness (QED) is 0.830. The second-order valence-corrected chi connectivity index (χ2v) is 6.29. The summed E-state index contributed by atoms with van der Waals surface area (Å²) in [4.78, 5) is 13.7. The van der Waals surface area contributed by atoms with Crippen LogP contribution in [0, 0.1) is 5.92 Å². The van der Waals surface area contributed by atoms with Gasteiger partial charge in [-0.1, -0.05) is 0 Å². The first-order valence-electron chi connectivity index (χ1n) is 7.03. The molecule has 0 aromatic heterocycles. The second-order valence-electron chi connectivity index (χ2n) is 6.29. The molecular weight excluding hydrogens is 244 g/mol. The highest BCUT2D eigenvalue weighted by Crippen LogP contribution is 2.18. The number of nitrogens with zero attached hydrogens (tertiary/aromatic N) is 1. The van der Waals surface area contributed by atoms with E-state index in [1.54, 1.807) is 12.0 Å². The van der Waals surface area contributed by atoms with Crippen molar-refractivity contribution in [1.29, 1.82) is 0 Å². The standard InChI is InChI=1S/C14H28N2O3/c1-11(18-5)8-15-9-12-6-7-16(10-12)13(17)19-14(2,3)4/h11-12,15H,6-10H2,1-5H3/t11-,12+/m1/s1. The van der Waals surface area contributed by atoms with Crippen LogP contribution in [0.3, 0.4) is 0 Å². The zero-order valence-electron chi connectivity index (χ0n) is 12.9. The van der Waals surface area contributed by atoms with E-state index in [1.165, 1.54) is 0 Å². The lowest BCUT2D eigenvalue weighted by Gasteiger charge is -2.24. The van der Waals surface area contributed by atoms with E-state index in [1.807, 2.05) is 27.7 Å². The van der Waals surface area contributed by atoms with E-state index < -0.39 is 5.60 Å². The Morgan fingerprint density at radius 3 is 2.74 bits per heavy atom. The third kappa shape index (κ3) is 6.25. The Balaban J connectivity index is 2.24. The zero-order valence-corrected chi connectivity index (χ0v) is 12.9. The topological polar surface area (TPSA) is 50.8 Å². The lowest BCUT2D eigenvalue weighted by Crippen LogP contribution is -2.36. The highest BCUT2D eigenvalue weighted by molar-refractivity contribution is 5.68. The molecule has 0 bridgehead atoms. The SMILES string of the molecule is CO[C@H](C)CNC[C@@H]1CCN(C(=O)OC(C)(C)C)C1. The Morgan fingerprint density at radius 1 is 1.47 bits per heavy atom. The normalized spacial score (nSPS) is 21.5. The van der Waals surface area contributed by atoms with Gasteiger partial charge in [0.2, 0.25) is 0 Å². The Labute approximate surface area is 116 Å². The minimum Gasteiger partial charge on any atom is -0.444 e. The Morgan fingerprint density at radius 2 is 2.16 bits per heavy atom. The Hall–Kier alpha value is -0.810. The largest absolute Gasteiger partial charge is 0.444 e. The van der Waals surface area contributed by atoms with Gasteiger partial charge in [-0.2, -0.15) is 0 Å². The van der Waals surface area contributed by atoms with Crippen LogP contribution in [-0.2, 0) is 9.47 Å². The van der Waals surface area contributed by atoms with Crippen LogP contribution < -0.4 is 5.32 Å². The molecule has 19 heavy (non-hydrogen) atoms. The molecule has 1 heterocycles.